The van der Waals surface area contributed by atoms with Crippen LogP contribution in [0.15, 0.2) is 6.33 Å². The molecular weight excluding hydrogens is 314 g/mol. The largest absolute Gasteiger partial charge is 0.394 e. The van der Waals surface area contributed by atoms with Crippen molar-refractivity contribution < 1.29 is 19.3 Å². The van der Waals surface area contributed by atoms with E-state index in [0.717, 1.165) is 11.1 Å². The van der Waals surface area contributed by atoms with Crippen LogP contribution in [0.1, 0.15) is 32.7 Å². The van der Waals surface area contributed by atoms with Gasteiger partial charge in [0.25, 0.3) is 0 Å². The minimum Gasteiger partial charge on any atom is -0.394 e. The number of aryl methyl sites for hydroxylation is 1. The van der Waals surface area contributed by atoms with Crippen molar-refractivity contribution in [1.82, 2.24) is 19.7 Å². The second kappa shape index (κ2) is 5.35. The maximum Gasteiger partial charge on any atom is 0.181 e. The highest BCUT2D eigenvalue weighted by molar-refractivity contribution is 5.88. The monoisotopic (exact) mass is 335 g/mol. The van der Waals surface area contributed by atoms with Crippen molar-refractivity contribution in [3.63, 3.8) is 0 Å². The van der Waals surface area contributed by atoms with Crippen LogP contribution in [0, 0.1) is 0 Å². The maximum atomic E-state index is 9.62. The molecule has 0 spiro atoms. The summed E-state index contributed by atoms with van der Waals surface area (Å²) in [5.41, 5.74) is 7.40. The molecule has 4 atom stereocenters. The van der Waals surface area contributed by atoms with Crippen molar-refractivity contribution in [2.45, 2.75) is 57.5 Å². The summed E-state index contributed by atoms with van der Waals surface area (Å²) in [6, 6.07) is 0. The molecule has 0 aromatic carbocycles. The molecule has 9 nitrogen and oxygen atoms in total. The molecule has 2 aromatic rings. The van der Waals surface area contributed by atoms with Gasteiger partial charge in [0.15, 0.2) is 17.7 Å². The van der Waals surface area contributed by atoms with Crippen LogP contribution in [0.5, 0.6) is 0 Å². The van der Waals surface area contributed by atoms with Gasteiger partial charge in [0.05, 0.1) is 17.7 Å². The van der Waals surface area contributed by atoms with Gasteiger partial charge in [0.1, 0.15) is 30.5 Å². The highest BCUT2D eigenvalue weighted by Crippen LogP contribution is 2.43. The number of anilines is 1. The fourth-order valence-corrected chi connectivity index (χ4v) is 3.50. The fourth-order valence-electron chi connectivity index (χ4n) is 3.50. The summed E-state index contributed by atoms with van der Waals surface area (Å²) in [5.74, 6) is -0.352. The lowest BCUT2D eigenvalue weighted by Gasteiger charge is -2.23. The van der Waals surface area contributed by atoms with E-state index in [1.54, 1.807) is 4.68 Å². The number of aromatic nitrogens is 4. The van der Waals surface area contributed by atoms with E-state index < -0.39 is 18.1 Å². The van der Waals surface area contributed by atoms with Gasteiger partial charge in [-0.15, -0.1) is 0 Å². The fraction of sp³-hybridized carbons (Fsp3) is 0.667. The summed E-state index contributed by atoms with van der Waals surface area (Å²) in [5, 5.41) is 15.0. The molecule has 4 heterocycles. The smallest absolute Gasteiger partial charge is 0.181 e. The van der Waals surface area contributed by atoms with E-state index >= 15 is 0 Å². The van der Waals surface area contributed by atoms with Crippen LogP contribution in [-0.4, -0.2) is 55.6 Å². The first-order valence-electron chi connectivity index (χ1n) is 8.04. The van der Waals surface area contributed by atoms with Crippen molar-refractivity contribution >= 4 is 16.9 Å². The Balaban J connectivity index is 1.82. The quantitative estimate of drug-likeness (QED) is 0.826. The molecule has 2 aliphatic rings. The van der Waals surface area contributed by atoms with Gasteiger partial charge in [0.2, 0.25) is 0 Å². The van der Waals surface area contributed by atoms with Crippen LogP contribution in [0.25, 0.3) is 11.0 Å². The third-order valence-electron chi connectivity index (χ3n) is 4.47. The number of ether oxygens (including phenoxy) is 3. The van der Waals surface area contributed by atoms with E-state index in [-0.39, 0.29) is 18.8 Å². The molecule has 9 heteroatoms. The van der Waals surface area contributed by atoms with Crippen LogP contribution >= 0.6 is 0 Å². The van der Waals surface area contributed by atoms with E-state index in [0.29, 0.717) is 17.9 Å². The summed E-state index contributed by atoms with van der Waals surface area (Å²) < 4.78 is 19.5. The molecule has 24 heavy (non-hydrogen) atoms. The van der Waals surface area contributed by atoms with E-state index in [1.165, 1.54) is 6.33 Å². The van der Waals surface area contributed by atoms with Crippen molar-refractivity contribution in [2.24, 2.45) is 0 Å². The number of hydrogen-bond donors (Lipinski definition) is 2. The maximum absolute atomic E-state index is 9.62. The van der Waals surface area contributed by atoms with E-state index in [1.807, 2.05) is 20.8 Å². The van der Waals surface area contributed by atoms with E-state index in [2.05, 4.69) is 15.1 Å². The van der Waals surface area contributed by atoms with E-state index in [4.69, 9.17) is 19.9 Å². The lowest BCUT2D eigenvalue weighted by atomic mass is 10.1. The first kappa shape index (κ1) is 15.7. The third kappa shape index (κ3) is 2.20. The molecule has 0 saturated carbocycles. The zero-order valence-corrected chi connectivity index (χ0v) is 13.8. The van der Waals surface area contributed by atoms with Crippen molar-refractivity contribution in [2.75, 3.05) is 12.3 Å². The van der Waals surface area contributed by atoms with Crippen LogP contribution in [0.2, 0.25) is 0 Å². The number of aliphatic hydroxyl groups excluding tert-OH is 1. The number of nitrogens with zero attached hydrogens (tertiary/aromatic N) is 4. The highest BCUT2D eigenvalue weighted by Gasteiger charge is 2.56. The highest BCUT2D eigenvalue weighted by atomic mass is 16.8. The molecule has 0 bridgehead atoms. The van der Waals surface area contributed by atoms with Crippen LogP contribution < -0.4 is 5.73 Å². The molecule has 130 valence electrons. The summed E-state index contributed by atoms with van der Waals surface area (Å²) >= 11 is 0. The average Bonchev–Trinajstić information content (AvgIpc) is 3.16. The predicted molar refractivity (Wildman–Crippen MR) is 83.9 cm³/mol. The van der Waals surface area contributed by atoms with Gasteiger partial charge < -0.3 is 25.1 Å². The van der Waals surface area contributed by atoms with Gasteiger partial charge in [0, 0.05) is 0 Å². The predicted octanol–water partition coefficient (Wildman–Crippen LogP) is 0.381. The number of rotatable bonds is 3. The minimum absolute atomic E-state index is 0.159. The molecule has 2 fully saturated rings. The van der Waals surface area contributed by atoms with Crippen molar-refractivity contribution in [3.05, 3.63) is 12.0 Å². The van der Waals surface area contributed by atoms with Crippen LogP contribution in [-0.2, 0) is 20.6 Å². The Morgan fingerprint density at radius 3 is 2.75 bits per heavy atom. The second-order valence-corrected chi connectivity index (χ2v) is 6.51. The van der Waals surface area contributed by atoms with Gasteiger partial charge in [-0.25, -0.2) is 14.6 Å². The van der Waals surface area contributed by atoms with Gasteiger partial charge in [-0.3, -0.25) is 0 Å². The second-order valence-electron chi connectivity index (χ2n) is 6.51. The Kier molecular flexibility index (Phi) is 3.50. The molecule has 0 unspecified atom stereocenters. The first-order valence-corrected chi connectivity index (χ1v) is 8.04. The first-order chi connectivity index (χ1) is 11.4. The van der Waals surface area contributed by atoms with Crippen molar-refractivity contribution in [1.29, 1.82) is 0 Å². The van der Waals surface area contributed by atoms with Crippen molar-refractivity contribution in [3.8, 4) is 0 Å². The molecule has 0 amide bonds. The Morgan fingerprint density at radius 2 is 2.04 bits per heavy atom. The molecular formula is C15H21N5O4. The Bertz CT molecular complexity index is 777. The zero-order valence-electron chi connectivity index (χ0n) is 13.8. The van der Waals surface area contributed by atoms with Crippen LogP contribution in [0.3, 0.4) is 0 Å². The Labute approximate surface area is 138 Å². The van der Waals surface area contributed by atoms with Crippen LogP contribution in [0.4, 0.5) is 5.82 Å². The molecule has 0 aliphatic carbocycles. The summed E-state index contributed by atoms with van der Waals surface area (Å²) in [4.78, 5) is 8.38. The number of fused-ring (bicyclic) bond motifs is 2. The van der Waals surface area contributed by atoms with Gasteiger partial charge in [-0.2, -0.15) is 5.10 Å². The standard InChI is InChI=1S/C15H21N5O4/c1-4-7-9-12(16)17-6-18-13(9)20(19-7)14-11-10(8(5-21)22-14)23-15(2,3)24-11/h6,8,10-11,14,21H,4-5H2,1-3H3,(H2,16,17,18)/t8-,10-,11-,14-/m1/s1. The minimum atomic E-state index is -0.741. The zero-order chi connectivity index (χ0) is 17.1. The molecule has 2 aromatic heterocycles. The van der Waals surface area contributed by atoms with Gasteiger partial charge in [-0.1, -0.05) is 6.92 Å². The topological polar surface area (TPSA) is 118 Å². The summed E-state index contributed by atoms with van der Waals surface area (Å²) in [6.45, 7) is 5.52. The Morgan fingerprint density at radius 1 is 1.29 bits per heavy atom. The molecule has 3 N–H and O–H groups in total. The number of nitrogens with two attached hydrogens (primary N) is 1. The molecule has 2 saturated heterocycles. The SMILES string of the molecule is CCc1nn([C@@H]2O[C@H](CO)[C@H]3OC(C)(C)O[C@H]32)c2ncnc(N)c12. The molecule has 4 rings (SSSR count). The lowest BCUT2D eigenvalue weighted by molar-refractivity contribution is -0.201. The number of aliphatic hydroxyl groups is 1. The summed E-state index contributed by atoms with van der Waals surface area (Å²) in [7, 11) is 0. The lowest BCUT2D eigenvalue weighted by Crippen LogP contribution is -2.31. The number of hydrogen-bond acceptors (Lipinski definition) is 8. The molecule has 2 aliphatic heterocycles. The van der Waals surface area contributed by atoms with Gasteiger partial charge >= 0.3 is 0 Å². The average molecular weight is 335 g/mol. The summed E-state index contributed by atoms with van der Waals surface area (Å²) in [6.07, 6.45) is 0.311. The Hall–Kier alpha value is -1.81. The third-order valence-corrected chi connectivity index (χ3v) is 4.47. The van der Waals surface area contributed by atoms with Gasteiger partial charge in [-0.05, 0) is 20.3 Å². The molecule has 0 radical (unpaired) electrons. The normalized spacial score (nSPS) is 31.7. The number of nitrogen functional groups attached to an aromatic ring is 1. The van der Waals surface area contributed by atoms with E-state index in [9.17, 15) is 5.11 Å².